The maximum atomic E-state index is 11.4. The van der Waals surface area contributed by atoms with Gasteiger partial charge in [-0.25, -0.2) is 0 Å². The Hall–Kier alpha value is -1.17. The van der Waals surface area contributed by atoms with Gasteiger partial charge in [0.2, 0.25) is 5.91 Å². The molecule has 0 spiro atoms. The van der Waals surface area contributed by atoms with Crippen molar-refractivity contribution in [2.75, 3.05) is 13.7 Å². The summed E-state index contributed by atoms with van der Waals surface area (Å²) in [6, 6.07) is 0. The molecular formula is C8H14N2O3S. The van der Waals surface area contributed by atoms with Crippen LogP contribution in [-0.2, 0) is 14.3 Å². The van der Waals surface area contributed by atoms with Crippen molar-refractivity contribution in [2.45, 2.75) is 13.8 Å². The van der Waals surface area contributed by atoms with E-state index in [1.54, 1.807) is 13.8 Å². The van der Waals surface area contributed by atoms with Gasteiger partial charge in [0.25, 0.3) is 0 Å². The van der Waals surface area contributed by atoms with Crippen LogP contribution in [0.5, 0.6) is 0 Å². The van der Waals surface area contributed by atoms with Gasteiger partial charge in [-0.3, -0.25) is 9.59 Å². The molecule has 1 amide bonds. The fourth-order valence-electron chi connectivity index (χ4n) is 0.557. The van der Waals surface area contributed by atoms with E-state index in [0.717, 1.165) is 0 Å². The van der Waals surface area contributed by atoms with Gasteiger partial charge in [0.05, 0.1) is 17.5 Å². The molecule has 80 valence electrons. The number of carbonyl (C=O) groups excluding carboxylic acids is 2. The molecule has 0 saturated heterocycles. The summed E-state index contributed by atoms with van der Waals surface area (Å²) < 4.78 is 4.36. The lowest BCUT2D eigenvalue weighted by Gasteiger charge is -2.21. The zero-order valence-corrected chi connectivity index (χ0v) is 9.23. The summed E-state index contributed by atoms with van der Waals surface area (Å²) in [7, 11) is 1.24. The number of hydrogen-bond acceptors (Lipinski definition) is 4. The number of nitrogens with two attached hydrogens (primary N) is 1. The highest BCUT2D eigenvalue weighted by molar-refractivity contribution is 7.80. The molecule has 0 aromatic heterocycles. The maximum Gasteiger partial charge on any atom is 0.325 e. The summed E-state index contributed by atoms with van der Waals surface area (Å²) in [5, 5.41) is 2.37. The summed E-state index contributed by atoms with van der Waals surface area (Å²) in [5.74, 6) is -0.910. The number of nitrogens with one attached hydrogen (secondary N) is 1. The van der Waals surface area contributed by atoms with E-state index in [1.165, 1.54) is 7.11 Å². The lowest BCUT2D eigenvalue weighted by atomic mass is 9.92. The van der Waals surface area contributed by atoms with Crippen molar-refractivity contribution in [1.82, 2.24) is 5.32 Å². The summed E-state index contributed by atoms with van der Waals surface area (Å²) in [6.07, 6.45) is 0. The van der Waals surface area contributed by atoms with Crippen LogP contribution in [0.2, 0.25) is 0 Å². The number of carbonyl (C=O) groups is 2. The molecule has 0 aliphatic heterocycles. The van der Waals surface area contributed by atoms with Crippen molar-refractivity contribution < 1.29 is 14.3 Å². The molecule has 0 unspecified atom stereocenters. The lowest BCUT2D eigenvalue weighted by Crippen LogP contribution is -2.46. The molecule has 0 aromatic carbocycles. The molecule has 0 radical (unpaired) electrons. The van der Waals surface area contributed by atoms with Crippen molar-refractivity contribution in [2.24, 2.45) is 11.1 Å². The molecule has 0 atom stereocenters. The Bertz CT molecular complexity index is 263. The van der Waals surface area contributed by atoms with Crippen LogP contribution in [0.1, 0.15) is 13.8 Å². The molecule has 0 aliphatic carbocycles. The van der Waals surface area contributed by atoms with Crippen LogP contribution < -0.4 is 11.1 Å². The quantitative estimate of drug-likeness (QED) is 0.495. The fraction of sp³-hybridized carbons (Fsp3) is 0.625. The van der Waals surface area contributed by atoms with Crippen LogP contribution in [0.4, 0.5) is 0 Å². The lowest BCUT2D eigenvalue weighted by molar-refractivity contribution is -0.141. The van der Waals surface area contributed by atoms with Gasteiger partial charge in [0.15, 0.2) is 0 Å². The van der Waals surface area contributed by atoms with Crippen molar-refractivity contribution in [3.63, 3.8) is 0 Å². The second-order valence-electron chi connectivity index (χ2n) is 3.25. The van der Waals surface area contributed by atoms with Crippen LogP contribution in [-0.4, -0.2) is 30.5 Å². The number of thiocarbonyl (C=S) groups is 1. The summed E-state index contributed by atoms with van der Waals surface area (Å²) >= 11 is 4.72. The van der Waals surface area contributed by atoms with Gasteiger partial charge >= 0.3 is 5.97 Å². The van der Waals surface area contributed by atoms with Gasteiger partial charge in [-0.05, 0) is 13.8 Å². The van der Waals surface area contributed by atoms with E-state index in [0.29, 0.717) is 0 Å². The smallest absolute Gasteiger partial charge is 0.325 e. The van der Waals surface area contributed by atoms with Crippen LogP contribution in [0, 0.1) is 5.41 Å². The van der Waals surface area contributed by atoms with Crippen LogP contribution in [0.25, 0.3) is 0 Å². The van der Waals surface area contributed by atoms with Gasteiger partial charge in [-0.15, -0.1) is 0 Å². The van der Waals surface area contributed by atoms with E-state index in [9.17, 15) is 9.59 Å². The van der Waals surface area contributed by atoms with E-state index in [2.05, 4.69) is 10.1 Å². The van der Waals surface area contributed by atoms with Crippen LogP contribution in [0.3, 0.4) is 0 Å². The van der Waals surface area contributed by atoms with Crippen molar-refractivity contribution in [3.05, 3.63) is 0 Å². The Labute approximate surface area is 88.0 Å². The molecule has 0 rings (SSSR count). The van der Waals surface area contributed by atoms with E-state index in [-0.39, 0.29) is 11.5 Å². The van der Waals surface area contributed by atoms with Gasteiger partial charge in [-0.2, -0.15) is 0 Å². The van der Waals surface area contributed by atoms with E-state index in [1.807, 2.05) is 0 Å². The minimum absolute atomic E-state index is 0.0832. The Kier molecular flexibility index (Phi) is 4.49. The second-order valence-corrected chi connectivity index (χ2v) is 3.69. The van der Waals surface area contributed by atoms with E-state index < -0.39 is 17.3 Å². The van der Waals surface area contributed by atoms with Crippen molar-refractivity contribution in [1.29, 1.82) is 0 Å². The van der Waals surface area contributed by atoms with Gasteiger partial charge in [0, 0.05) is 0 Å². The molecule has 0 aromatic rings. The second kappa shape index (κ2) is 4.90. The predicted molar refractivity (Wildman–Crippen MR) is 55.6 cm³/mol. The molecule has 5 nitrogen and oxygen atoms in total. The largest absolute Gasteiger partial charge is 0.468 e. The number of amides is 1. The summed E-state index contributed by atoms with van der Waals surface area (Å²) in [6.45, 7) is 2.99. The molecule has 0 aliphatic rings. The molecule has 0 fully saturated rings. The monoisotopic (exact) mass is 218 g/mol. The van der Waals surface area contributed by atoms with Crippen molar-refractivity contribution >= 4 is 29.1 Å². The Morgan fingerprint density at radius 2 is 2.00 bits per heavy atom. The minimum atomic E-state index is -0.955. The summed E-state index contributed by atoms with van der Waals surface area (Å²) in [4.78, 5) is 22.2. The topological polar surface area (TPSA) is 81.4 Å². The van der Waals surface area contributed by atoms with Gasteiger partial charge in [-0.1, -0.05) is 12.2 Å². The van der Waals surface area contributed by atoms with E-state index >= 15 is 0 Å². The Morgan fingerprint density at radius 1 is 1.50 bits per heavy atom. The van der Waals surface area contributed by atoms with Gasteiger partial charge in [0.1, 0.15) is 6.54 Å². The first-order chi connectivity index (χ1) is 6.32. The molecule has 6 heteroatoms. The zero-order valence-electron chi connectivity index (χ0n) is 8.42. The van der Waals surface area contributed by atoms with Gasteiger partial charge < -0.3 is 15.8 Å². The molecule has 14 heavy (non-hydrogen) atoms. The van der Waals surface area contributed by atoms with E-state index in [4.69, 9.17) is 18.0 Å². The predicted octanol–water partition coefficient (Wildman–Crippen LogP) is -0.412. The number of esters is 1. The highest BCUT2D eigenvalue weighted by Gasteiger charge is 2.30. The zero-order chi connectivity index (χ0) is 11.4. The highest BCUT2D eigenvalue weighted by atomic mass is 32.1. The average Bonchev–Trinajstić information content (AvgIpc) is 2.12. The van der Waals surface area contributed by atoms with Crippen LogP contribution >= 0.6 is 12.2 Å². The molecule has 3 N–H and O–H groups in total. The summed E-state index contributed by atoms with van der Waals surface area (Å²) in [5.41, 5.74) is 4.41. The first-order valence-corrected chi connectivity index (χ1v) is 4.38. The molecule has 0 heterocycles. The highest BCUT2D eigenvalue weighted by Crippen LogP contribution is 2.14. The number of hydrogen-bond donors (Lipinski definition) is 2. The fourth-order valence-corrected chi connectivity index (χ4v) is 0.650. The minimum Gasteiger partial charge on any atom is -0.468 e. The Morgan fingerprint density at radius 3 is 2.36 bits per heavy atom. The van der Waals surface area contributed by atoms with Crippen molar-refractivity contribution in [3.8, 4) is 0 Å². The third-order valence-electron chi connectivity index (χ3n) is 1.80. The SMILES string of the molecule is COC(=O)CNC(=O)C(C)(C)C(N)=S. The maximum absolute atomic E-state index is 11.4. The Balaban J connectivity index is 4.22. The standard InChI is InChI=1S/C8H14N2O3S/c1-8(2,6(9)14)7(12)10-4-5(11)13-3/h4H2,1-3H3,(H2,9,14)(H,10,12). The third-order valence-corrected chi connectivity index (χ3v) is 2.31. The average molecular weight is 218 g/mol. The first kappa shape index (κ1) is 12.8. The molecule has 0 bridgehead atoms. The normalized spacial score (nSPS) is 10.5. The first-order valence-electron chi connectivity index (χ1n) is 3.97. The third kappa shape index (κ3) is 3.29. The molecular weight excluding hydrogens is 204 g/mol. The number of ether oxygens (including phenoxy) is 1. The van der Waals surface area contributed by atoms with Crippen LogP contribution in [0.15, 0.2) is 0 Å². The number of methoxy groups -OCH3 is 1. The molecule has 0 saturated carbocycles. The number of rotatable bonds is 4.